The van der Waals surface area contributed by atoms with Crippen molar-refractivity contribution >= 4 is 21.6 Å². The maximum atomic E-state index is 12.5. The zero-order valence-corrected chi connectivity index (χ0v) is 18.1. The van der Waals surface area contributed by atoms with Crippen LogP contribution in [0.4, 0.5) is 5.69 Å². The fourth-order valence-corrected chi connectivity index (χ4v) is 3.66. The minimum Gasteiger partial charge on any atom is -0.497 e. The molecule has 9 heteroatoms. The van der Waals surface area contributed by atoms with Crippen molar-refractivity contribution < 1.29 is 22.7 Å². The number of carbonyl (C=O) groups excluding carboxylic acids is 1. The molecule has 0 saturated carbocycles. The largest absolute Gasteiger partial charge is 0.497 e. The van der Waals surface area contributed by atoms with E-state index >= 15 is 0 Å². The second kappa shape index (κ2) is 9.73. The highest BCUT2D eigenvalue weighted by Gasteiger charge is 2.20. The van der Waals surface area contributed by atoms with Crippen LogP contribution in [-0.4, -0.2) is 65.4 Å². The first-order valence-corrected chi connectivity index (χ1v) is 10.3. The fraction of sp³-hybridized carbons (Fsp3) is 0.350. The SMILES string of the molecule is COc1cccc(CN(C)CC(=O)Nc2cc(S(=O)(=O)N(C)C)ccc2OC)c1. The Bertz CT molecular complexity index is 960. The summed E-state index contributed by atoms with van der Waals surface area (Å²) in [6, 6.07) is 12.0. The molecule has 29 heavy (non-hydrogen) atoms. The topological polar surface area (TPSA) is 88.2 Å². The van der Waals surface area contributed by atoms with Gasteiger partial charge >= 0.3 is 0 Å². The predicted molar refractivity (Wildman–Crippen MR) is 112 cm³/mol. The molecule has 0 spiro atoms. The Hall–Kier alpha value is -2.62. The lowest BCUT2D eigenvalue weighted by molar-refractivity contribution is -0.117. The van der Waals surface area contributed by atoms with Crippen molar-refractivity contribution in [3.8, 4) is 11.5 Å². The van der Waals surface area contributed by atoms with E-state index in [1.807, 2.05) is 36.2 Å². The molecule has 0 aliphatic carbocycles. The number of nitrogens with zero attached hydrogens (tertiary/aromatic N) is 2. The highest BCUT2D eigenvalue weighted by atomic mass is 32.2. The first kappa shape index (κ1) is 22.7. The van der Waals surface area contributed by atoms with Gasteiger partial charge < -0.3 is 14.8 Å². The highest BCUT2D eigenvalue weighted by Crippen LogP contribution is 2.28. The first-order valence-electron chi connectivity index (χ1n) is 8.89. The van der Waals surface area contributed by atoms with Crippen molar-refractivity contribution in [3.05, 3.63) is 48.0 Å². The number of rotatable bonds is 9. The molecule has 0 aromatic heterocycles. The lowest BCUT2D eigenvalue weighted by atomic mass is 10.2. The molecule has 0 bridgehead atoms. The normalized spacial score (nSPS) is 11.6. The average molecular weight is 422 g/mol. The second-order valence-corrected chi connectivity index (χ2v) is 8.87. The maximum Gasteiger partial charge on any atom is 0.242 e. The highest BCUT2D eigenvalue weighted by molar-refractivity contribution is 7.89. The minimum absolute atomic E-state index is 0.0725. The number of anilines is 1. The van der Waals surface area contributed by atoms with E-state index in [2.05, 4.69) is 5.32 Å². The van der Waals surface area contributed by atoms with Crippen molar-refractivity contribution in [2.24, 2.45) is 0 Å². The number of methoxy groups -OCH3 is 2. The fourth-order valence-electron chi connectivity index (χ4n) is 2.73. The van der Waals surface area contributed by atoms with E-state index < -0.39 is 10.0 Å². The smallest absolute Gasteiger partial charge is 0.242 e. The molecule has 2 aromatic carbocycles. The van der Waals surface area contributed by atoms with Gasteiger partial charge in [0.15, 0.2) is 0 Å². The van der Waals surface area contributed by atoms with Gasteiger partial charge in [0, 0.05) is 20.6 Å². The molecule has 0 aliphatic heterocycles. The molecule has 1 amide bonds. The Kier molecular flexibility index (Phi) is 7.60. The molecule has 2 aromatic rings. The lowest BCUT2D eigenvalue weighted by Crippen LogP contribution is -2.30. The molecule has 0 atom stereocenters. The van der Waals surface area contributed by atoms with E-state index in [0.29, 0.717) is 18.0 Å². The maximum absolute atomic E-state index is 12.5. The van der Waals surface area contributed by atoms with Crippen LogP contribution in [0, 0.1) is 0 Å². The van der Waals surface area contributed by atoms with Crippen molar-refractivity contribution in [1.29, 1.82) is 0 Å². The van der Waals surface area contributed by atoms with Crippen LogP contribution < -0.4 is 14.8 Å². The van der Waals surface area contributed by atoms with Gasteiger partial charge in [-0.25, -0.2) is 12.7 Å². The number of nitrogens with one attached hydrogen (secondary N) is 1. The summed E-state index contributed by atoms with van der Waals surface area (Å²) < 4.78 is 36.3. The summed E-state index contributed by atoms with van der Waals surface area (Å²) in [5.41, 5.74) is 1.31. The molecule has 1 N–H and O–H groups in total. The Labute approximate surface area is 172 Å². The van der Waals surface area contributed by atoms with Crippen LogP contribution in [0.1, 0.15) is 5.56 Å². The molecular formula is C20H27N3O5S. The molecule has 2 rings (SSSR count). The van der Waals surface area contributed by atoms with Gasteiger partial charge in [0.2, 0.25) is 15.9 Å². The molecule has 0 aliphatic rings. The second-order valence-electron chi connectivity index (χ2n) is 6.72. The molecule has 0 heterocycles. The number of likely N-dealkylation sites (N-methyl/N-ethyl adjacent to an activating group) is 1. The van der Waals surface area contributed by atoms with Crippen LogP contribution >= 0.6 is 0 Å². The minimum atomic E-state index is -3.63. The zero-order valence-electron chi connectivity index (χ0n) is 17.3. The zero-order chi connectivity index (χ0) is 21.6. The van der Waals surface area contributed by atoms with Crippen LogP contribution in [0.5, 0.6) is 11.5 Å². The molecule has 0 fully saturated rings. The summed E-state index contributed by atoms with van der Waals surface area (Å²) in [4.78, 5) is 14.4. The summed E-state index contributed by atoms with van der Waals surface area (Å²) in [6.45, 7) is 0.668. The third-order valence-corrected chi connectivity index (χ3v) is 6.03. The summed E-state index contributed by atoms with van der Waals surface area (Å²) in [7, 11) is 4.16. The number of hydrogen-bond acceptors (Lipinski definition) is 6. The number of benzene rings is 2. The molecule has 8 nitrogen and oxygen atoms in total. The molecule has 0 saturated heterocycles. The van der Waals surface area contributed by atoms with E-state index in [9.17, 15) is 13.2 Å². The number of sulfonamides is 1. The van der Waals surface area contributed by atoms with Gasteiger partial charge in [-0.1, -0.05) is 12.1 Å². The molecule has 0 radical (unpaired) electrons. The summed E-state index contributed by atoms with van der Waals surface area (Å²) >= 11 is 0. The van der Waals surface area contributed by atoms with Gasteiger partial charge in [-0.05, 0) is 42.9 Å². The third-order valence-electron chi connectivity index (χ3n) is 4.22. The van der Waals surface area contributed by atoms with Crippen LogP contribution in [0.25, 0.3) is 0 Å². The van der Waals surface area contributed by atoms with Crippen LogP contribution in [0.3, 0.4) is 0 Å². The van der Waals surface area contributed by atoms with Crippen molar-refractivity contribution in [3.63, 3.8) is 0 Å². The lowest BCUT2D eigenvalue weighted by Gasteiger charge is -2.18. The van der Waals surface area contributed by atoms with Gasteiger partial charge in [-0.2, -0.15) is 0 Å². The standard InChI is InChI=1S/C20H27N3O5S/c1-22(2)29(25,26)17-9-10-19(28-5)18(12-17)21-20(24)14-23(3)13-15-7-6-8-16(11-15)27-4/h6-12H,13-14H2,1-5H3,(H,21,24). The number of amides is 1. The van der Waals surface area contributed by atoms with Gasteiger partial charge in [0.1, 0.15) is 11.5 Å². The van der Waals surface area contributed by atoms with Gasteiger partial charge in [-0.3, -0.25) is 9.69 Å². The monoisotopic (exact) mass is 421 g/mol. The Morgan fingerprint density at radius 1 is 1.03 bits per heavy atom. The van der Waals surface area contributed by atoms with Crippen LogP contribution in [-0.2, 0) is 21.4 Å². The van der Waals surface area contributed by atoms with E-state index in [1.54, 1.807) is 7.11 Å². The first-order chi connectivity index (χ1) is 13.7. The third kappa shape index (κ3) is 5.93. The van der Waals surface area contributed by atoms with Gasteiger partial charge in [-0.15, -0.1) is 0 Å². The van der Waals surface area contributed by atoms with Crippen molar-refractivity contribution in [1.82, 2.24) is 9.21 Å². The summed E-state index contributed by atoms with van der Waals surface area (Å²) in [5, 5.41) is 2.74. The van der Waals surface area contributed by atoms with E-state index in [1.165, 1.54) is 39.4 Å². The van der Waals surface area contributed by atoms with E-state index in [0.717, 1.165) is 15.6 Å². The number of ether oxygens (including phenoxy) is 2. The predicted octanol–water partition coefficient (Wildman–Crippen LogP) is 2.02. The van der Waals surface area contributed by atoms with Crippen LogP contribution in [0.2, 0.25) is 0 Å². The van der Waals surface area contributed by atoms with Gasteiger partial charge in [0.05, 0.1) is 31.3 Å². The van der Waals surface area contributed by atoms with Crippen molar-refractivity contribution in [2.45, 2.75) is 11.4 Å². The summed E-state index contributed by atoms with van der Waals surface area (Å²) in [6.07, 6.45) is 0. The molecule has 158 valence electrons. The molecular weight excluding hydrogens is 394 g/mol. The Morgan fingerprint density at radius 2 is 1.76 bits per heavy atom. The quantitative estimate of drug-likeness (QED) is 0.667. The van der Waals surface area contributed by atoms with Crippen LogP contribution in [0.15, 0.2) is 47.4 Å². The van der Waals surface area contributed by atoms with E-state index in [4.69, 9.17) is 9.47 Å². The Morgan fingerprint density at radius 3 is 2.38 bits per heavy atom. The molecule has 0 unspecified atom stereocenters. The summed E-state index contributed by atoms with van der Waals surface area (Å²) in [5.74, 6) is 0.851. The van der Waals surface area contributed by atoms with Crippen molar-refractivity contribution in [2.75, 3.05) is 47.2 Å². The van der Waals surface area contributed by atoms with E-state index in [-0.39, 0.29) is 17.3 Å². The van der Waals surface area contributed by atoms with Gasteiger partial charge in [0.25, 0.3) is 0 Å². The Balaban J connectivity index is 2.10. The number of hydrogen-bond donors (Lipinski definition) is 1. The average Bonchev–Trinajstić information content (AvgIpc) is 2.67. The number of carbonyl (C=O) groups is 1.